The maximum atomic E-state index is 8.46. The fraction of sp³-hybridized carbons (Fsp3) is 0.875. The van der Waals surface area contributed by atoms with Crippen LogP contribution >= 0.6 is 0 Å². The highest BCUT2D eigenvalue weighted by Gasteiger charge is 2.24. The number of hydrogen-bond acceptors (Lipinski definition) is 2. The molecule has 0 amide bonds. The smallest absolute Gasteiger partial charge is 0.0975 e. The first-order chi connectivity index (χ1) is 4.52. The Labute approximate surface area is 63.1 Å². The summed E-state index contributed by atoms with van der Waals surface area (Å²) in [5.74, 6) is 0. The Morgan fingerprint density at radius 2 is 2.00 bits per heavy atom. The van der Waals surface area contributed by atoms with E-state index in [1.54, 1.807) is 0 Å². The second-order valence-corrected chi connectivity index (χ2v) is 3.60. The van der Waals surface area contributed by atoms with Gasteiger partial charge in [-0.05, 0) is 11.8 Å². The highest BCUT2D eigenvalue weighted by atomic mass is 17.1. The lowest BCUT2D eigenvalue weighted by Crippen LogP contribution is -2.28. The van der Waals surface area contributed by atoms with Crippen LogP contribution in [0.3, 0.4) is 0 Å². The fourth-order valence-corrected chi connectivity index (χ4v) is 0.829. The van der Waals surface area contributed by atoms with Crippen molar-refractivity contribution < 1.29 is 10.1 Å². The van der Waals surface area contributed by atoms with Gasteiger partial charge in [-0.2, -0.15) is 0 Å². The molecule has 0 aliphatic rings. The molecule has 0 fully saturated rings. The van der Waals surface area contributed by atoms with Crippen molar-refractivity contribution in [2.45, 2.75) is 39.7 Å². The molecule has 0 rings (SSSR count). The van der Waals surface area contributed by atoms with E-state index in [0.717, 1.165) is 12.8 Å². The van der Waals surface area contributed by atoms with Gasteiger partial charge in [-0.25, -0.2) is 4.89 Å². The van der Waals surface area contributed by atoms with E-state index < -0.39 is 0 Å². The van der Waals surface area contributed by atoms with Crippen molar-refractivity contribution in [3.8, 4) is 0 Å². The van der Waals surface area contributed by atoms with Crippen LogP contribution in [-0.4, -0.2) is 11.4 Å². The number of hydrogen-bond donors (Lipinski definition) is 1. The lowest BCUT2D eigenvalue weighted by molar-refractivity contribution is -0.300. The molecule has 0 aromatic carbocycles. The van der Waals surface area contributed by atoms with Gasteiger partial charge in [0.1, 0.15) is 0 Å². The normalized spacial score (nSPS) is 15.3. The van der Waals surface area contributed by atoms with Crippen molar-refractivity contribution in [3.05, 3.63) is 6.92 Å². The average molecular weight is 145 g/mol. The zero-order chi connectivity index (χ0) is 8.20. The van der Waals surface area contributed by atoms with E-state index in [2.05, 4.69) is 11.8 Å². The van der Waals surface area contributed by atoms with Crippen LogP contribution in [0.25, 0.3) is 0 Å². The first-order valence-electron chi connectivity index (χ1n) is 3.62. The predicted molar refractivity (Wildman–Crippen MR) is 41.5 cm³/mol. The van der Waals surface area contributed by atoms with Crippen LogP contribution in [0, 0.1) is 12.3 Å². The second-order valence-electron chi connectivity index (χ2n) is 3.60. The fourth-order valence-electron chi connectivity index (χ4n) is 0.829. The third kappa shape index (κ3) is 3.18. The lowest BCUT2D eigenvalue weighted by Gasteiger charge is -2.26. The minimum Gasteiger partial charge on any atom is -0.252 e. The van der Waals surface area contributed by atoms with Crippen LogP contribution in [0.2, 0.25) is 0 Å². The van der Waals surface area contributed by atoms with Gasteiger partial charge in [0.2, 0.25) is 0 Å². The summed E-state index contributed by atoms with van der Waals surface area (Å²) < 4.78 is 0. The number of rotatable bonds is 3. The molecule has 0 aliphatic carbocycles. The van der Waals surface area contributed by atoms with E-state index in [4.69, 9.17) is 5.26 Å². The van der Waals surface area contributed by atoms with Crippen molar-refractivity contribution in [1.82, 2.24) is 0 Å². The average Bonchev–Trinajstić information content (AvgIpc) is 1.80. The molecule has 1 N–H and O–H groups in total. The first-order valence-corrected chi connectivity index (χ1v) is 3.62. The summed E-state index contributed by atoms with van der Waals surface area (Å²) in [4.78, 5) is 4.32. The molecule has 0 aromatic rings. The Morgan fingerprint density at radius 3 is 2.10 bits per heavy atom. The summed E-state index contributed by atoms with van der Waals surface area (Å²) in [6.45, 7) is 9.79. The van der Waals surface area contributed by atoms with E-state index in [1.165, 1.54) is 0 Å². The van der Waals surface area contributed by atoms with Gasteiger partial charge in [-0.3, -0.25) is 5.26 Å². The molecule has 0 spiro atoms. The zero-order valence-corrected chi connectivity index (χ0v) is 7.05. The standard InChI is InChI=1S/C8H17O2/c1-5-6-7(10-9)8(2,3)4/h7,9H,1,5-6H2,2-4H3. The van der Waals surface area contributed by atoms with Crippen LogP contribution in [0.4, 0.5) is 0 Å². The molecule has 61 valence electrons. The molecular weight excluding hydrogens is 128 g/mol. The van der Waals surface area contributed by atoms with E-state index in [0.29, 0.717) is 0 Å². The highest BCUT2D eigenvalue weighted by Crippen LogP contribution is 2.24. The van der Waals surface area contributed by atoms with Crippen LogP contribution in [-0.2, 0) is 4.89 Å². The molecule has 0 saturated heterocycles. The van der Waals surface area contributed by atoms with E-state index >= 15 is 0 Å². The Kier molecular flexibility index (Phi) is 3.91. The summed E-state index contributed by atoms with van der Waals surface area (Å²) >= 11 is 0. The van der Waals surface area contributed by atoms with Gasteiger partial charge < -0.3 is 0 Å². The Hall–Kier alpha value is -0.0800. The summed E-state index contributed by atoms with van der Waals surface area (Å²) in [6.07, 6.45) is 1.51. The molecule has 2 heteroatoms. The SMILES string of the molecule is [CH2]CCC(OO)C(C)(C)C. The van der Waals surface area contributed by atoms with E-state index in [-0.39, 0.29) is 11.5 Å². The molecule has 0 aromatic heterocycles. The molecule has 2 nitrogen and oxygen atoms in total. The van der Waals surface area contributed by atoms with Gasteiger partial charge in [0.15, 0.2) is 0 Å². The Balaban J connectivity index is 3.81. The monoisotopic (exact) mass is 145 g/mol. The third-order valence-electron chi connectivity index (χ3n) is 1.56. The van der Waals surface area contributed by atoms with Crippen molar-refractivity contribution >= 4 is 0 Å². The Morgan fingerprint density at radius 1 is 1.50 bits per heavy atom. The maximum absolute atomic E-state index is 8.46. The first kappa shape index (κ1) is 9.92. The van der Waals surface area contributed by atoms with Crippen LogP contribution in [0.1, 0.15) is 33.6 Å². The predicted octanol–water partition coefficient (Wildman–Crippen LogP) is 2.50. The molecule has 10 heavy (non-hydrogen) atoms. The van der Waals surface area contributed by atoms with Crippen molar-refractivity contribution in [2.24, 2.45) is 5.41 Å². The molecule has 1 unspecified atom stereocenters. The maximum Gasteiger partial charge on any atom is 0.0975 e. The van der Waals surface area contributed by atoms with Crippen LogP contribution in [0.15, 0.2) is 0 Å². The molecule has 1 atom stereocenters. The van der Waals surface area contributed by atoms with Crippen molar-refractivity contribution in [1.29, 1.82) is 0 Å². The summed E-state index contributed by atoms with van der Waals surface area (Å²) in [5, 5.41) is 8.46. The van der Waals surface area contributed by atoms with Gasteiger partial charge in [-0.1, -0.05) is 34.1 Å². The highest BCUT2D eigenvalue weighted by molar-refractivity contribution is 4.73. The van der Waals surface area contributed by atoms with Gasteiger partial charge in [0, 0.05) is 0 Å². The van der Waals surface area contributed by atoms with Crippen molar-refractivity contribution in [2.75, 3.05) is 0 Å². The van der Waals surface area contributed by atoms with E-state index in [1.807, 2.05) is 20.8 Å². The van der Waals surface area contributed by atoms with Crippen LogP contribution in [0.5, 0.6) is 0 Å². The topological polar surface area (TPSA) is 29.5 Å². The second kappa shape index (κ2) is 3.94. The van der Waals surface area contributed by atoms with Gasteiger partial charge >= 0.3 is 0 Å². The minimum absolute atomic E-state index is 0.00639. The van der Waals surface area contributed by atoms with Gasteiger partial charge in [-0.15, -0.1) is 0 Å². The molecular formula is C8H17O2. The third-order valence-corrected chi connectivity index (χ3v) is 1.56. The molecule has 0 aliphatic heterocycles. The molecule has 0 bridgehead atoms. The van der Waals surface area contributed by atoms with Gasteiger partial charge in [0.05, 0.1) is 6.10 Å². The van der Waals surface area contributed by atoms with E-state index in [9.17, 15) is 0 Å². The largest absolute Gasteiger partial charge is 0.252 e. The Bertz CT molecular complexity index is 83.7. The summed E-state index contributed by atoms with van der Waals surface area (Å²) in [6, 6.07) is 0. The summed E-state index contributed by atoms with van der Waals surface area (Å²) in [5.41, 5.74) is 0.00639. The zero-order valence-electron chi connectivity index (χ0n) is 7.05. The molecule has 1 radical (unpaired) electrons. The quantitative estimate of drug-likeness (QED) is 0.488. The van der Waals surface area contributed by atoms with Crippen molar-refractivity contribution in [3.63, 3.8) is 0 Å². The summed E-state index contributed by atoms with van der Waals surface area (Å²) in [7, 11) is 0. The van der Waals surface area contributed by atoms with Crippen LogP contribution < -0.4 is 0 Å². The van der Waals surface area contributed by atoms with Gasteiger partial charge in [0.25, 0.3) is 0 Å². The lowest BCUT2D eigenvalue weighted by atomic mass is 9.87. The molecule has 0 saturated carbocycles. The molecule has 0 heterocycles. The minimum atomic E-state index is -0.0926.